The average Bonchev–Trinajstić information content (AvgIpc) is 2.38. The highest BCUT2D eigenvalue weighted by Crippen LogP contribution is 2.24. The number of benzene rings is 1. The molecule has 2 unspecified atom stereocenters. The number of hydrogen-bond acceptors (Lipinski definition) is 3. The molecule has 0 aliphatic heterocycles. The van der Waals surface area contributed by atoms with Crippen LogP contribution in [0.1, 0.15) is 44.4 Å². The summed E-state index contributed by atoms with van der Waals surface area (Å²) in [6.45, 7) is 10.0. The topological polar surface area (TPSA) is 38.5 Å². The summed E-state index contributed by atoms with van der Waals surface area (Å²) in [5.41, 5.74) is 8.93. The Hall–Kier alpha value is -0.900. The van der Waals surface area contributed by atoms with Gasteiger partial charge in [-0.1, -0.05) is 36.8 Å². The van der Waals surface area contributed by atoms with Crippen molar-refractivity contribution in [2.24, 2.45) is 5.73 Å². The van der Waals surface area contributed by atoms with E-state index in [1.165, 1.54) is 11.1 Å². The molecule has 114 valence electrons. The average molecular weight is 278 g/mol. The summed E-state index contributed by atoms with van der Waals surface area (Å²) in [6.07, 6.45) is 1.24. The zero-order chi connectivity index (χ0) is 15.1. The minimum atomic E-state index is 0.140. The fraction of sp³-hybridized carbons (Fsp3) is 0.647. The number of likely N-dealkylation sites (N-methyl/N-ethyl adjacent to an activating group) is 1. The van der Waals surface area contributed by atoms with E-state index >= 15 is 0 Å². The number of ether oxygens (including phenoxy) is 1. The van der Waals surface area contributed by atoms with E-state index in [0.717, 1.165) is 19.6 Å². The first-order valence-electron chi connectivity index (χ1n) is 7.59. The van der Waals surface area contributed by atoms with Crippen LogP contribution in [0.3, 0.4) is 0 Å². The van der Waals surface area contributed by atoms with Crippen molar-refractivity contribution in [3.8, 4) is 0 Å². The number of hydrogen-bond donors (Lipinski definition) is 1. The smallest absolute Gasteiger partial charge is 0.0597 e. The molecule has 0 bridgehead atoms. The normalized spacial score (nSPS) is 14.8. The number of nitrogens with zero attached hydrogens (tertiary/aromatic N) is 1. The van der Waals surface area contributed by atoms with Crippen molar-refractivity contribution in [3.63, 3.8) is 0 Å². The van der Waals surface area contributed by atoms with Crippen LogP contribution < -0.4 is 5.73 Å². The van der Waals surface area contributed by atoms with Gasteiger partial charge in [0.15, 0.2) is 0 Å². The standard InChI is InChI=1S/C17H30N2O/c1-6-16(18)17(15-9-7-8-14(4)12-15)19(5)10-11-20-13(2)3/h7-9,12-13,16-17H,6,10-11,18H2,1-5H3. The maximum Gasteiger partial charge on any atom is 0.0597 e. The molecule has 0 aliphatic carbocycles. The molecule has 0 aromatic heterocycles. The van der Waals surface area contributed by atoms with Crippen LogP contribution in [-0.4, -0.2) is 37.2 Å². The van der Waals surface area contributed by atoms with Gasteiger partial charge in [0.05, 0.1) is 12.7 Å². The van der Waals surface area contributed by atoms with Crippen molar-refractivity contribution in [1.82, 2.24) is 4.90 Å². The Morgan fingerprint density at radius 2 is 2.00 bits per heavy atom. The van der Waals surface area contributed by atoms with Crippen LogP contribution in [0.2, 0.25) is 0 Å². The summed E-state index contributed by atoms with van der Waals surface area (Å²) in [5, 5.41) is 0. The second-order valence-electron chi connectivity index (χ2n) is 5.83. The summed E-state index contributed by atoms with van der Waals surface area (Å²) < 4.78 is 5.65. The largest absolute Gasteiger partial charge is 0.377 e. The van der Waals surface area contributed by atoms with Gasteiger partial charge in [-0.2, -0.15) is 0 Å². The molecule has 2 N–H and O–H groups in total. The Bertz CT molecular complexity index is 392. The maximum atomic E-state index is 6.35. The quantitative estimate of drug-likeness (QED) is 0.794. The first-order valence-corrected chi connectivity index (χ1v) is 7.59. The predicted octanol–water partition coefficient (Wildman–Crippen LogP) is 3.13. The molecule has 0 saturated carbocycles. The second-order valence-corrected chi connectivity index (χ2v) is 5.83. The highest BCUT2D eigenvalue weighted by molar-refractivity contribution is 5.26. The van der Waals surface area contributed by atoms with Gasteiger partial charge in [-0.3, -0.25) is 4.90 Å². The lowest BCUT2D eigenvalue weighted by atomic mass is 9.95. The van der Waals surface area contributed by atoms with Gasteiger partial charge in [-0.25, -0.2) is 0 Å². The number of aryl methyl sites for hydroxylation is 1. The molecule has 0 spiro atoms. The lowest BCUT2D eigenvalue weighted by Gasteiger charge is -2.33. The van der Waals surface area contributed by atoms with Crippen LogP contribution in [0.4, 0.5) is 0 Å². The number of rotatable bonds is 8. The van der Waals surface area contributed by atoms with Crippen LogP contribution >= 0.6 is 0 Å². The van der Waals surface area contributed by atoms with E-state index in [-0.39, 0.29) is 18.2 Å². The summed E-state index contributed by atoms with van der Waals surface area (Å²) in [6, 6.07) is 9.03. The Balaban J connectivity index is 2.78. The third kappa shape index (κ3) is 5.23. The second kappa shape index (κ2) is 8.40. The first kappa shape index (κ1) is 17.2. The van der Waals surface area contributed by atoms with Crippen molar-refractivity contribution in [1.29, 1.82) is 0 Å². The maximum absolute atomic E-state index is 6.35. The lowest BCUT2D eigenvalue weighted by Crippen LogP contribution is -2.40. The van der Waals surface area contributed by atoms with Gasteiger partial charge in [0.25, 0.3) is 0 Å². The minimum absolute atomic E-state index is 0.140. The van der Waals surface area contributed by atoms with Crippen LogP contribution in [0, 0.1) is 6.92 Å². The van der Waals surface area contributed by atoms with Gasteiger partial charge >= 0.3 is 0 Å². The molecule has 0 heterocycles. The molecule has 1 aromatic carbocycles. The van der Waals surface area contributed by atoms with Gasteiger partial charge in [0, 0.05) is 18.6 Å². The first-order chi connectivity index (χ1) is 9.45. The highest BCUT2D eigenvalue weighted by atomic mass is 16.5. The molecule has 3 nitrogen and oxygen atoms in total. The van der Waals surface area contributed by atoms with Crippen molar-refractivity contribution in [2.75, 3.05) is 20.2 Å². The van der Waals surface area contributed by atoms with E-state index in [9.17, 15) is 0 Å². The Labute approximate surface area is 124 Å². The minimum Gasteiger partial charge on any atom is -0.377 e. The van der Waals surface area contributed by atoms with Gasteiger partial charge in [-0.15, -0.1) is 0 Å². The van der Waals surface area contributed by atoms with E-state index in [2.05, 4.69) is 63.9 Å². The zero-order valence-corrected chi connectivity index (χ0v) is 13.6. The molecule has 1 aromatic rings. The van der Waals surface area contributed by atoms with E-state index in [1.807, 2.05) is 0 Å². The SMILES string of the molecule is CCC(N)C(c1cccc(C)c1)N(C)CCOC(C)C. The van der Waals surface area contributed by atoms with E-state index in [0.29, 0.717) is 0 Å². The third-order valence-corrected chi connectivity index (χ3v) is 3.63. The lowest BCUT2D eigenvalue weighted by molar-refractivity contribution is 0.0527. The third-order valence-electron chi connectivity index (χ3n) is 3.63. The van der Waals surface area contributed by atoms with Crippen molar-refractivity contribution >= 4 is 0 Å². The molecule has 0 aliphatic rings. The Morgan fingerprint density at radius 1 is 1.30 bits per heavy atom. The molecule has 20 heavy (non-hydrogen) atoms. The molecule has 0 amide bonds. The van der Waals surface area contributed by atoms with Gasteiger partial charge < -0.3 is 10.5 Å². The summed E-state index contributed by atoms with van der Waals surface area (Å²) in [7, 11) is 2.13. The van der Waals surface area contributed by atoms with Crippen molar-refractivity contribution in [3.05, 3.63) is 35.4 Å². The summed E-state index contributed by atoms with van der Waals surface area (Å²) in [4.78, 5) is 2.31. The molecule has 0 radical (unpaired) electrons. The highest BCUT2D eigenvalue weighted by Gasteiger charge is 2.23. The molecule has 0 fully saturated rings. The van der Waals surface area contributed by atoms with Crippen LogP contribution in [0.25, 0.3) is 0 Å². The molecule has 2 atom stereocenters. The number of nitrogens with two attached hydrogens (primary N) is 1. The van der Waals surface area contributed by atoms with Crippen LogP contribution in [0.15, 0.2) is 24.3 Å². The summed E-state index contributed by atoms with van der Waals surface area (Å²) in [5.74, 6) is 0. The zero-order valence-electron chi connectivity index (χ0n) is 13.6. The van der Waals surface area contributed by atoms with Gasteiger partial charge in [0.1, 0.15) is 0 Å². The Morgan fingerprint density at radius 3 is 2.55 bits per heavy atom. The summed E-state index contributed by atoms with van der Waals surface area (Å²) >= 11 is 0. The van der Waals surface area contributed by atoms with E-state index in [4.69, 9.17) is 10.5 Å². The predicted molar refractivity (Wildman–Crippen MR) is 85.9 cm³/mol. The van der Waals surface area contributed by atoms with E-state index < -0.39 is 0 Å². The fourth-order valence-electron chi connectivity index (χ4n) is 2.48. The van der Waals surface area contributed by atoms with Gasteiger partial charge in [0.2, 0.25) is 0 Å². The monoisotopic (exact) mass is 278 g/mol. The van der Waals surface area contributed by atoms with Crippen LogP contribution in [0.5, 0.6) is 0 Å². The molecule has 1 rings (SSSR count). The fourth-order valence-corrected chi connectivity index (χ4v) is 2.48. The molecule has 3 heteroatoms. The van der Waals surface area contributed by atoms with E-state index in [1.54, 1.807) is 0 Å². The van der Waals surface area contributed by atoms with Crippen molar-refractivity contribution in [2.45, 2.75) is 52.3 Å². The van der Waals surface area contributed by atoms with Crippen LogP contribution in [-0.2, 0) is 4.74 Å². The Kier molecular flexibility index (Phi) is 7.20. The van der Waals surface area contributed by atoms with Crippen molar-refractivity contribution < 1.29 is 4.74 Å². The molecule has 0 saturated heterocycles. The molecular weight excluding hydrogens is 248 g/mol. The molecular formula is C17H30N2O. The van der Waals surface area contributed by atoms with Gasteiger partial charge in [-0.05, 0) is 39.8 Å².